The molecule has 0 N–H and O–H groups in total. The molecule has 0 bridgehead atoms. The number of anilines is 1. The van der Waals surface area contributed by atoms with Crippen molar-refractivity contribution < 1.29 is 13.2 Å². The first kappa shape index (κ1) is 22.1. The average Bonchev–Trinajstić information content (AvgIpc) is 2.73. The van der Waals surface area contributed by atoms with E-state index in [9.17, 15) is 22.8 Å². The van der Waals surface area contributed by atoms with Crippen LogP contribution in [0.1, 0.15) is 24.1 Å². The van der Waals surface area contributed by atoms with Crippen molar-refractivity contribution in [2.75, 3.05) is 37.6 Å². The molecule has 0 unspecified atom stereocenters. The maximum absolute atomic E-state index is 12.9. The van der Waals surface area contributed by atoms with Crippen molar-refractivity contribution in [2.45, 2.75) is 32.5 Å². The van der Waals surface area contributed by atoms with Gasteiger partial charge in [-0.1, -0.05) is 6.07 Å². The number of benzene rings is 1. The molecule has 0 amide bonds. The van der Waals surface area contributed by atoms with Crippen molar-refractivity contribution in [2.24, 2.45) is 7.05 Å². The number of nitrogens with zero attached hydrogens (tertiary/aromatic N) is 5. The van der Waals surface area contributed by atoms with Gasteiger partial charge < -0.3 is 4.90 Å². The summed E-state index contributed by atoms with van der Waals surface area (Å²) in [4.78, 5) is 28.0. The van der Waals surface area contributed by atoms with Gasteiger partial charge >= 0.3 is 11.9 Å². The van der Waals surface area contributed by atoms with Gasteiger partial charge in [0.15, 0.2) is 0 Å². The number of rotatable bonds is 6. The summed E-state index contributed by atoms with van der Waals surface area (Å²) >= 11 is 0. The average molecular weight is 425 g/mol. The quantitative estimate of drug-likeness (QED) is 0.662. The molecule has 30 heavy (non-hydrogen) atoms. The lowest BCUT2D eigenvalue weighted by atomic mass is 10.1. The predicted octanol–water partition coefficient (Wildman–Crippen LogP) is 1.87. The lowest BCUT2D eigenvalue weighted by molar-refractivity contribution is -0.137. The highest BCUT2D eigenvalue weighted by atomic mass is 19.4. The van der Waals surface area contributed by atoms with E-state index in [1.165, 1.54) is 23.9 Å². The van der Waals surface area contributed by atoms with Crippen LogP contribution >= 0.6 is 0 Å². The summed E-state index contributed by atoms with van der Waals surface area (Å²) in [6.45, 7) is 5.75. The number of hydrogen-bond donors (Lipinski definition) is 0. The largest absolute Gasteiger partial charge is 0.416 e. The lowest BCUT2D eigenvalue weighted by Crippen LogP contribution is -2.46. The van der Waals surface area contributed by atoms with Crippen molar-refractivity contribution in [3.05, 3.63) is 56.4 Å². The minimum atomic E-state index is -4.34. The van der Waals surface area contributed by atoms with Crippen molar-refractivity contribution in [1.29, 1.82) is 0 Å². The molecule has 0 aliphatic carbocycles. The Hall–Kier alpha value is -2.62. The van der Waals surface area contributed by atoms with Gasteiger partial charge in [-0.25, -0.2) is 9.48 Å². The monoisotopic (exact) mass is 425 g/mol. The van der Waals surface area contributed by atoms with Crippen molar-refractivity contribution in [3.63, 3.8) is 0 Å². The van der Waals surface area contributed by atoms with E-state index in [2.05, 4.69) is 10.00 Å². The predicted molar refractivity (Wildman–Crippen MR) is 108 cm³/mol. The van der Waals surface area contributed by atoms with Crippen LogP contribution < -0.4 is 16.1 Å². The summed E-state index contributed by atoms with van der Waals surface area (Å²) in [7, 11) is 1.44. The molecular formula is C20H26F3N5O2. The first-order valence-corrected chi connectivity index (χ1v) is 9.96. The Morgan fingerprint density at radius 1 is 1.03 bits per heavy atom. The Balaban J connectivity index is 1.46. The number of aryl methyl sites for hydroxylation is 2. The second-order valence-electron chi connectivity index (χ2n) is 7.54. The fraction of sp³-hybridized carbons (Fsp3) is 0.550. The first-order chi connectivity index (χ1) is 14.2. The van der Waals surface area contributed by atoms with E-state index < -0.39 is 17.4 Å². The topological polar surface area (TPSA) is 63.4 Å². The zero-order valence-electron chi connectivity index (χ0n) is 17.2. The molecule has 7 nitrogen and oxygen atoms in total. The fourth-order valence-corrected chi connectivity index (χ4v) is 3.62. The number of hydrogen-bond acceptors (Lipinski definition) is 5. The van der Waals surface area contributed by atoms with Gasteiger partial charge in [-0.2, -0.15) is 18.3 Å². The summed E-state index contributed by atoms with van der Waals surface area (Å²) in [6.07, 6.45) is -2.73. The van der Waals surface area contributed by atoms with Gasteiger partial charge in [-0.15, -0.1) is 0 Å². The Bertz CT molecular complexity index is 991. The van der Waals surface area contributed by atoms with Crippen molar-refractivity contribution >= 4 is 5.69 Å². The van der Waals surface area contributed by atoms with E-state index in [4.69, 9.17) is 0 Å². The SMILES string of the molecule is Cc1nn(CCCCN2CCN(c3cccc(C(F)(F)F)c3)CC2)c(=O)n(C)c1=O. The Morgan fingerprint density at radius 3 is 2.37 bits per heavy atom. The molecule has 1 aromatic heterocycles. The van der Waals surface area contributed by atoms with Crippen LogP contribution in [0.2, 0.25) is 0 Å². The molecule has 3 rings (SSSR count). The molecule has 2 aromatic rings. The normalized spacial score (nSPS) is 15.6. The summed E-state index contributed by atoms with van der Waals surface area (Å²) in [5.74, 6) is 0. The molecule has 1 fully saturated rings. The third-order valence-corrected chi connectivity index (χ3v) is 5.40. The van der Waals surface area contributed by atoms with Crippen LogP contribution in [0.5, 0.6) is 0 Å². The number of aromatic nitrogens is 3. The highest BCUT2D eigenvalue weighted by Crippen LogP contribution is 2.31. The third-order valence-electron chi connectivity index (χ3n) is 5.40. The van der Waals surface area contributed by atoms with E-state index in [0.717, 1.165) is 43.1 Å². The van der Waals surface area contributed by atoms with Crippen LogP contribution in [0.15, 0.2) is 33.9 Å². The summed E-state index contributed by atoms with van der Waals surface area (Å²) in [5, 5.41) is 4.06. The minimum Gasteiger partial charge on any atom is -0.369 e. The zero-order chi connectivity index (χ0) is 21.9. The van der Waals surface area contributed by atoms with Crippen LogP contribution in [0.25, 0.3) is 0 Å². The molecule has 1 aromatic carbocycles. The molecule has 0 saturated carbocycles. The highest BCUT2D eigenvalue weighted by Gasteiger charge is 2.31. The van der Waals surface area contributed by atoms with E-state index in [0.29, 0.717) is 31.0 Å². The summed E-state index contributed by atoms with van der Waals surface area (Å²) < 4.78 is 41.1. The molecule has 164 valence electrons. The molecule has 10 heteroatoms. The number of piperazine rings is 1. The number of halogens is 3. The van der Waals surface area contributed by atoms with Crippen molar-refractivity contribution in [3.8, 4) is 0 Å². The maximum atomic E-state index is 12.9. The van der Waals surface area contributed by atoms with E-state index in [1.807, 2.05) is 4.90 Å². The standard InChI is InChI=1S/C20H26F3N5O2/c1-15-18(29)25(2)19(30)28(24-15)9-4-3-8-26-10-12-27(13-11-26)17-7-5-6-16(14-17)20(21,22)23/h5-7,14H,3-4,8-13H2,1-2H3. The molecule has 1 saturated heterocycles. The molecule has 1 aliphatic heterocycles. The lowest BCUT2D eigenvalue weighted by Gasteiger charge is -2.36. The smallest absolute Gasteiger partial charge is 0.369 e. The summed E-state index contributed by atoms with van der Waals surface area (Å²) in [5.41, 5.74) is -0.530. The molecule has 0 atom stereocenters. The number of unbranched alkanes of at least 4 members (excludes halogenated alkanes) is 1. The summed E-state index contributed by atoms with van der Waals surface area (Å²) in [6, 6.07) is 5.45. The van der Waals surface area contributed by atoms with Gasteiger partial charge in [0.05, 0.1) is 5.56 Å². The van der Waals surface area contributed by atoms with Crippen LogP contribution in [0, 0.1) is 6.92 Å². The number of alkyl halides is 3. The maximum Gasteiger partial charge on any atom is 0.416 e. The zero-order valence-corrected chi connectivity index (χ0v) is 17.2. The molecule has 0 spiro atoms. The second kappa shape index (κ2) is 9.03. The Kier molecular flexibility index (Phi) is 6.64. The van der Waals surface area contributed by atoms with Gasteiger partial charge in [0.2, 0.25) is 0 Å². The second-order valence-corrected chi connectivity index (χ2v) is 7.54. The van der Waals surface area contributed by atoms with Gasteiger partial charge in [-0.05, 0) is 44.5 Å². The van der Waals surface area contributed by atoms with Crippen LogP contribution in [-0.4, -0.2) is 52.0 Å². The van der Waals surface area contributed by atoms with Gasteiger partial charge in [0.25, 0.3) is 5.56 Å². The van der Waals surface area contributed by atoms with E-state index in [1.54, 1.807) is 13.0 Å². The molecule has 0 radical (unpaired) electrons. The molecule has 1 aliphatic rings. The first-order valence-electron chi connectivity index (χ1n) is 9.96. The van der Waals surface area contributed by atoms with Crippen molar-refractivity contribution in [1.82, 2.24) is 19.2 Å². The Labute approximate surface area is 172 Å². The van der Waals surface area contributed by atoms with Gasteiger partial charge in [-0.3, -0.25) is 14.3 Å². The van der Waals surface area contributed by atoms with Crippen LogP contribution in [-0.2, 0) is 19.8 Å². The molecule has 2 heterocycles. The molecular weight excluding hydrogens is 399 g/mol. The fourth-order valence-electron chi connectivity index (χ4n) is 3.62. The van der Waals surface area contributed by atoms with Gasteiger partial charge in [0, 0.05) is 45.5 Å². The van der Waals surface area contributed by atoms with Crippen LogP contribution in [0.3, 0.4) is 0 Å². The van der Waals surface area contributed by atoms with Crippen LogP contribution in [0.4, 0.5) is 18.9 Å². The highest BCUT2D eigenvalue weighted by molar-refractivity contribution is 5.49. The third kappa shape index (κ3) is 5.10. The Morgan fingerprint density at radius 2 is 1.70 bits per heavy atom. The van der Waals surface area contributed by atoms with Gasteiger partial charge in [0.1, 0.15) is 5.69 Å². The van der Waals surface area contributed by atoms with E-state index in [-0.39, 0.29) is 5.56 Å². The minimum absolute atomic E-state index is 0.294. The van der Waals surface area contributed by atoms with E-state index >= 15 is 0 Å².